The zero-order valence-corrected chi connectivity index (χ0v) is 13.8. The maximum atomic E-state index is 12.5. The monoisotopic (exact) mass is 302 g/mol. The second-order valence-corrected chi connectivity index (χ2v) is 7.43. The lowest BCUT2D eigenvalue weighted by molar-refractivity contribution is 0.321. The topological polar surface area (TPSA) is 62.6 Å². The lowest BCUT2D eigenvalue weighted by Gasteiger charge is -2.24. The minimum atomic E-state index is -3.55. The highest BCUT2D eigenvalue weighted by atomic mass is 32.2. The molecule has 0 aliphatic heterocycles. The number of hydrogen-bond donors (Lipinski definition) is 1. The molecule has 1 atom stereocenters. The van der Waals surface area contributed by atoms with Crippen molar-refractivity contribution in [2.75, 3.05) is 13.6 Å². The van der Waals surface area contributed by atoms with Gasteiger partial charge in [0.25, 0.3) is 10.0 Å². The first-order valence-corrected chi connectivity index (χ1v) is 8.50. The van der Waals surface area contributed by atoms with Crippen molar-refractivity contribution in [1.82, 2.24) is 9.62 Å². The van der Waals surface area contributed by atoms with Gasteiger partial charge in [-0.3, -0.25) is 0 Å². The van der Waals surface area contributed by atoms with Gasteiger partial charge in [0.05, 0.1) is 6.54 Å². The Morgan fingerprint density at radius 3 is 2.50 bits per heavy atom. The number of nitrogens with one attached hydrogen (secondary N) is 1. The van der Waals surface area contributed by atoms with Crippen LogP contribution in [0.4, 0.5) is 0 Å². The Morgan fingerprint density at radius 2 is 1.95 bits per heavy atom. The van der Waals surface area contributed by atoms with E-state index in [0.717, 1.165) is 13.0 Å². The molecule has 20 heavy (non-hydrogen) atoms. The Bertz CT molecular complexity index is 508. The molecule has 0 bridgehead atoms. The first kappa shape index (κ1) is 17.2. The van der Waals surface area contributed by atoms with Crippen LogP contribution in [-0.4, -0.2) is 32.4 Å². The largest absolute Gasteiger partial charge is 0.447 e. The Labute approximate surface area is 122 Å². The number of sulfonamides is 1. The van der Waals surface area contributed by atoms with E-state index < -0.39 is 10.0 Å². The average molecular weight is 302 g/mol. The van der Waals surface area contributed by atoms with Crippen molar-refractivity contribution in [3.05, 3.63) is 17.9 Å². The molecule has 1 rings (SSSR count). The van der Waals surface area contributed by atoms with Crippen LogP contribution in [-0.2, 0) is 16.6 Å². The molecule has 0 aliphatic rings. The Hall–Kier alpha value is -0.850. The maximum Gasteiger partial charge on any atom is 0.276 e. The fraction of sp³-hybridized carbons (Fsp3) is 0.714. The molecule has 0 amide bonds. The summed E-state index contributed by atoms with van der Waals surface area (Å²) in [5.74, 6) is 1.08. The third-order valence-corrected chi connectivity index (χ3v) is 5.10. The number of furan rings is 1. The van der Waals surface area contributed by atoms with Gasteiger partial charge in [-0.15, -0.1) is 0 Å². The summed E-state index contributed by atoms with van der Waals surface area (Å²) in [7, 11) is -1.94. The average Bonchev–Trinajstić information content (AvgIpc) is 2.83. The molecule has 6 heteroatoms. The highest BCUT2D eigenvalue weighted by Crippen LogP contribution is 2.21. The van der Waals surface area contributed by atoms with Crippen molar-refractivity contribution >= 4 is 10.0 Å². The summed E-state index contributed by atoms with van der Waals surface area (Å²) in [5, 5.41) is 3.12. The van der Waals surface area contributed by atoms with Gasteiger partial charge >= 0.3 is 0 Å². The van der Waals surface area contributed by atoms with Crippen LogP contribution in [0.15, 0.2) is 21.6 Å². The van der Waals surface area contributed by atoms with Crippen molar-refractivity contribution in [3.63, 3.8) is 0 Å². The molecule has 116 valence electrons. The summed E-state index contributed by atoms with van der Waals surface area (Å²) in [4.78, 5) is 0. The van der Waals surface area contributed by atoms with Crippen LogP contribution in [0.3, 0.4) is 0 Å². The molecule has 1 N–H and O–H groups in total. The smallest absolute Gasteiger partial charge is 0.276 e. The number of rotatable bonds is 8. The van der Waals surface area contributed by atoms with Crippen molar-refractivity contribution in [1.29, 1.82) is 0 Å². The zero-order valence-electron chi connectivity index (χ0n) is 13.0. The molecule has 0 saturated heterocycles. The van der Waals surface area contributed by atoms with E-state index in [4.69, 9.17) is 4.42 Å². The second-order valence-electron chi connectivity index (χ2n) is 5.50. The van der Waals surface area contributed by atoms with Gasteiger partial charge in [-0.2, -0.15) is 4.31 Å². The standard InChI is InChI=1S/C14H26N2O3S/c1-6-15-10-13-7-8-14(19-13)20(17,18)16(5)12(4)9-11(2)3/h7-8,11-12,15H,6,9-10H2,1-5H3. The van der Waals surface area contributed by atoms with Crippen LogP contribution in [0.25, 0.3) is 0 Å². The molecular weight excluding hydrogens is 276 g/mol. The van der Waals surface area contributed by atoms with Gasteiger partial charge in [0, 0.05) is 13.1 Å². The van der Waals surface area contributed by atoms with Gasteiger partial charge in [-0.05, 0) is 37.9 Å². The normalized spacial score (nSPS) is 14.2. The van der Waals surface area contributed by atoms with Gasteiger partial charge in [0.1, 0.15) is 5.76 Å². The summed E-state index contributed by atoms with van der Waals surface area (Å²) in [5.41, 5.74) is 0. The van der Waals surface area contributed by atoms with Crippen LogP contribution in [0.1, 0.15) is 39.9 Å². The molecule has 5 nitrogen and oxygen atoms in total. The molecule has 0 fully saturated rings. The van der Waals surface area contributed by atoms with Gasteiger partial charge in [-0.1, -0.05) is 20.8 Å². The van der Waals surface area contributed by atoms with Crippen LogP contribution >= 0.6 is 0 Å². The predicted molar refractivity (Wildman–Crippen MR) is 80.0 cm³/mol. The molecule has 1 heterocycles. The lowest BCUT2D eigenvalue weighted by Crippen LogP contribution is -2.35. The van der Waals surface area contributed by atoms with Gasteiger partial charge in [0.2, 0.25) is 5.09 Å². The van der Waals surface area contributed by atoms with E-state index in [1.807, 2.05) is 13.8 Å². The van der Waals surface area contributed by atoms with Crippen molar-refractivity contribution in [3.8, 4) is 0 Å². The Balaban J connectivity index is 2.84. The highest BCUT2D eigenvalue weighted by Gasteiger charge is 2.28. The Morgan fingerprint density at radius 1 is 1.30 bits per heavy atom. The summed E-state index contributed by atoms with van der Waals surface area (Å²) in [6.45, 7) is 9.42. The van der Waals surface area contributed by atoms with E-state index >= 15 is 0 Å². The summed E-state index contributed by atoms with van der Waals surface area (Å²) in [6.07, 6.45) is 0.820. The zero-order chi connectivity index (χ0) is 15.3. The van der Waals surface area contributed by atoms with E-state index in [2.05, 4.69) is 19.2 Å². The fourth-order valence-corrected chi connectivity index (χ4v) is 3.35. The molecule has 0 aliphatic carbocycles. The Kier molecular flexibility index (Phi) is 6.23. The van der Waals surface area contributed by atoms with Crippen LogP contribution in [0.5, 0.6) is 0 Å². The molecule has 0 spiro atoms. The van der Waals surface area contributed by atoms with Crippen LogP contribution in [0, 0.1) is 5.92 Å². The predicted octanol–water partition coefficient (Wildman–Crippen LogP) is 2.44. The molecule has 1 aromatic heterocycles. The fourth-order valence-electron chi connectivity index (χ4n) is 2.05. The van der Waals surface area contributed by atoms with Gasteiger partial charge < -0.3 is 9.73 Å². The van der Waals surface area contributed by atoms with E-state index in [1.165, 1.54) is 10.4 Å². The molecule has 1 unspecified atom stereocenters. The maximum absolute atomic E-state index is 12.5. The van der Waals surface area contributed by atoms with Crippen LogP contribution in [0.2, 0.25) is 0 Å². The second kappa shape index (κ2) is 7.24. The molecule has 0 aromatic carbocycles. The quantitative estimate of drug-likeness (QED) is 0.801. The lowest BCUT2D eigenvalue weighted by atomic mass is 10.1. The van der Waals surface area contributed by atoms with Crippen molar-refractivity contribution in [2.24, 2.45) is 5.92 Å². The van der Waals surface area contributed by atoms with Crippen molar-refractivity contribution in [2.45, 2.75) is 51.8 Å². The van der Waals surface area contributed by atoms with Crippen molar-refractivity contribution < 1.29 is 12.8 Å². The molecular formula is C14H26N2O3S. The van der Waals surface area contributed by atoms with Crippen LogP contribution < -0.4 is 5.32 Å². The highest BCUT2D eigenvalue weighted by molar-refractivity contribution is 7.89. The number of hydrogen-bond acceptors (Lipinski definition) is 4. The first-order valence-electron chi connectivity index (χ1n) is 7.06. The first-order chi connectivity index (χ1) is 9.28. The summed E-state index contributed by atoms with van der Waals surface area (Å²) >= 11 is 0. The van der Waals surface area contributed by atoms with E-state index in [9.17, 15) is 8.42 Å². The molecule has 0 saturated carbocycles. The summed E-state index contributed by atoms with van der Waals surface area (Å²) in [6, 6.07) is 3.18. The van der Waals surface area contributed by atoms with E-state index in [-0.39, 0.29) is 11.1 Å². The van der Waals surface area contributed by atoms with E-state index in [1.54, 1.807) is 13.1 Å². The third-order valence-electron chi connectivity index (χ3n) is 3.25. The third kappa shape index (κ3) is 4.33. The molecule has 1 aromatic rings. The van der Waals surface area contributed by atoms with Gasteiger partial charge in [-0.25, -0.2) is 8.42 Å². The summed E-state index contributed by atoms with van der Waals surface area (Å²) < 4.78 is 31.7. The SMILES string of the molecule is CCNCc1ccc(S(=O)(=O)N(C)C(C)CC(C)C)o1. The number of nitrogens with zero attached hydrogens (tertiary/aromatic N) is 1. The molecule has 0 radical (unpaired) electrons. The van der Waals surface area contributed by atoms with Gasteiger partial charge in [0.15, 0.2) is 0 Å². The van der Waals surface area contributed by atoms with E-state index in [0.29, 0.717) is 18.2 Å². The minimum absolute atomic E-state index is 0.0171. The minimum Gasteiger partial charge on any atom is -0.447 e.